The first-order chi connectivity index (χ1) is 15.7. The van der Waals surface area contributed by atoms with Gasteiger partial charge in [0.05, 0.1) is 17.4 Å². The van der Waals surface area contributed by atoms with E-state index in [0.29, 0.717) is 10.7 Å². The van der Waals surface area contributed by atoms with Crippen molar-refractivity contribution >= 4 is 34.8 Å². The van der Waals surface area contributed by atoms with Crippen LogP contribution >= 0.6 is 11.6 Å². The van der Waals surface area contributed by atoms with Crippen molar-refractivity contribution in [2.75, 3.05) is 9.96 Å². The van der Waals surface area contributed by atoms with E-state index in [9.17, 15) is 9.59 Å². The Morgan fingerprint density at radius 3 is 2.12 bits per heavy atom. The predicted octanol–water partition coefficient (Wildman–Crippen LogP) is 5.71. The molecule has 3 aromatic rings. The summed E-state index contributed by atoms with van der Waals surface area (Å²) in [5.74, 6) is -0.596. The Morgan fingerprint density at radius 1 is 0.909 bits per heavy atom. The average Bonchev–Trinajstić information content (AvgIpc) is 3.19. The van der Waals surface area contributed by atoms with Gasteiger partial charge in [-0.3, -0.25) is 14.4 Å². The SMILES string of the molecule is Cc1cc(C)c(N2C(=O)C3ON(c4ccccc4)C(c4ccc(Cl)cc4)C3(C)C2=O)c(C)c1. The van der Waals surface area contributed by atoms with Crippen LogP contribution < -0.4 is 9.96 Å². The Kier molecular flexibility index (Phi) is 5.07. The lowest BCUT2D eigenvalue weighted by atomic mass is 9.76. The molecule has 0 spiro atoms. The Hall–Kier alpha value is -3.15. The van der Waals surface area contributed by atoms with E-state index >= 15 is 0 Å². The van der Waals surface area contributed by atoms with Gasteiger partial charge in [0, 0.05) is 5.02 Å². The number of hydrogen-bond donors (Lipinski definition) is 0. The van der Waals surface area contributed by atoms with Crippen LogP contribution in [0, 0.1) is 26.2 Å². The van der Waals surface area contributed by atoms with E-state index in [1.807, 2.05) is 82.3 Å². The zero-order valence-electron chi connectivity index (χ0n) is 19.0. The molecule has 2 aliphatic rings. The molecular weight excluding hydrogens is 436 g/mol. The second kappa shape index (κ2) is 7.72. The lowest BCUT2D eigenvalue weighted by molar-refractivity contribution is -0.128. The summed E-state index contributed by atoms with van der Waals surface area (Å²) in [5, 5.41) is 2.31. The van der Waals surface area contributed by atoms with E-state index in [1.54, 1.807) is 17.2 Å². The molecule has 0 aliphatic carbocycles. The van der Waals surface area contributed by atoms with Crippen LogP contribution in [-0.2, 0) is 14.4 Å². The van der Waals surface area contributed by atoms with Crippen molar-refractivity contribution in [2.24, 2.45) is 5.41 Å². The second-order valence-corrected chi connectivity index (χ2v) is 9.55. The number of hydroxylamine groups is 1. The number of anilines is 2. The molecule has 33 heavy (non-hydrogen) atoms. The molecule has 0 N–H and O–H groups in total. The highest BCUT2D eigenvalue weighted by molar-refractivity contribution is 6.30. The molecule has 2 saturated heterocycles. The van der Waals surface area contributed by atoms with Gasteiger partial charge >= 0.3 is 0 Å². The quantitative estimate of drug-likeness (QED) is 0.470. The van der Waals surface area contributed by atoms with Crippen LogP contribution in [0.1, 0.15) is 35.2 Å². The molecule has 2 heterocycles. The van der Waals surface area contributed by atoms with Gasteiger partial charge in [0.25, 0.3) is 5.91 Å². The third-order valence-electron chi connectivity index (χ3n) is 6.73. The number of hydrogen-bond acceptors (Lipinski definition) is 4. The molecule has 3 aromatic carbocycles. The van der Waals surface area contributed by atoms with Crippen molar-refractivity contribution in [2.45, 2.75) is 39.8 Å². The summed E-state index contributed by atoms with van der Waals surface area (Å²) < 4.78 is 0. The van der Waals surface area contributed by atoms with Crippen molar-refractivity contribution < 1.29 is 14.4 Å². The summed E-state index contributed by atoms with van der Waals surface area (Å²) in [6.45, 7) is 7.70. The molecule has 2 aliphatic heterocycles. The number of imide groups is 1. The number of para-hydroxylation sites is 1. The van der Waals surface area contributed by atoms with Crippen LogP contribution in [0.2, 0.25) is 5.02 Å². The minimum Gasteiger partial charge on any atom is -0.273 e. The van der Waals surface area contributed by atoms with Crippen LogP contribution in [0.25, 0.3) is 0 Å². The lowest BCUT2D eigenvalue weighted by Gasteiger charge is -2.33. The highest BCUT2D eigenvalue weighted by Crippen LogP contribution is 2.56. The number of nitrogens with zero attached hydrogens (tertiary/aromatic N) is 2. The zero-order chi connectivity index (χ0) is 23.5. The molecule has 3 unspecified atom stereocenters. The summed E-state index contributed by atoms with van der Waals surface area (Å²) in [7, 11) is 0. The van der Waals surface area contributed by atoms with E-state index in [4.69, 9.17) is 16.4 Å². The molecule has 5 nitrogen and oxygen atoms in total. The van der Waals surface area contributed by atoms with Gasteiger partial charge in [-0.2, -0.15) is 0 Å². The fraction of sp³-hybridized carbons (Fsp3) is 0.259. The van der Waals surface area contributed by atoms with E-state index < -0.39 is 17.6 Å². The molecule has 2 amide bonds. The van der Waals surface area contributed by atoms with E-state index in [1.165, 1.54) is 4.90 Å². The standard InChI is InChI=1S/C27H25ClN2O3/c1-16-14-17(2)22(18(3)15-16)29-25(31)24-27(4,26(29)32)23(19-10-12-20(28)13-11-19)30(33-24)21-8-6-5-7-9-21/h5-15,23-24H,1-4H3. The van der Waals surface area contributed by atoms with Gasteiger partial charge in [-0.1, -0.05) is 59.6 Å². The highest BCUT2D eigenvalue weighted by atomic mass is 35.5. The van der Waals surface area contributed by atoms with Crippen LogP contribution in [0.4, 0.5) is 11.4 Å². The van der Waals surface area contributed by atoms with E-state index in [2.05, 4.69) is 0 Å². The molecule has 5 rings (SSSR count). The number of fused-ring (bicyclic) bond motifs is 1. The van der Waals surface area contributed by atoms with Gasteiger partial charge in [0.1, 0.15) is 5.41 Å². The minimum atomic E-state index is -1.12. The first kappa shape index (κ1) is 21.7. The van der Waals surface area contributed by atoms with Gasteiger partial charge in [0.2, 0.25) is 5.91 Å². The number of carbonyl (C=O) groups excluding carboxylic acids is 2. The maximum absolute atomic E-state index is 14.1. The monoisotopic (exact) mass is 460 g/mol. The fourth-order valence-corrected chi connectivity index (χ4v) is 5.43. The van der Waals surface area contributed by atoms with Gasteiger partial charge in [-0.05, 0) is 68.7 Å². The maximum Gasteiger partial charge on any atom is 0.266 e. The van der Waals surface area contributed by atoms with Crippen LogP contribution in [0.5, 0.6) is 0 Å². The first-order valence-electron chi connectivity index (χ1n) is 11.0. The molecule has 2 fully saturated rings. The van der Waals surface area contributed by atoms with Gasteiger partial charge in [-0.25, -0.2) is 9.96 Å². The Balaban J connectivity index is 1.66. The molecule has 3 atom stereocenters. The van der Waals surface area contributed by atoms with Crippen LogP contribution in [-0.4, -0.2) is 17.9 Å². The van der Waals surface area contributed by atoms with Gasteiger partial charge < -0.3 is 0 Å². The molecule has 0 aromatic heterocycles. The molecule has 6 heteroatoms. The lowest BCUT2D eigenvalue weighted by Crippen LogP contribution is -2.41. The zero-order valence-corrected chi connectivity index (χ0v) is 19.8. The van der Waals surface area contributed by atoms with Crippen LogP contribution in [0.15, 0.2) is 66.7 Å². The fourth-order valence-electron chi connectivity index (χ4n) is 5.31. The largest absolute Gasteiger partial charge is 0.273 e. The van der Waals surface area contributed by atoms with E-state index in [-0.39, 0.29) is 11.8 Å². The van der Waals surface area contributed by atoms with Crippen molar-refractivity contribution in [1.82, 2.24) is 0 Å². The summed E-state index contributed by atoms with van der Waals surface area (Å²) in [6, 6.07) is 20.4. The van der Waals surface area contributed by atoms with Crippen molar-refractivity contribution in [3.8, 4) is 0 Å². The summed E-state index contributed by atoms with van der Waals surface area (Å²) in [5.41, 5.74) is 4.03. The maximum atomic E-state index is 14.1. The second-order valence-electron chi connectivity index (χ2n) is 9.11. The molecule has 0 radical (unpaired) electrons. The number of carbonyl (C=O) groups is 2. The summed E-state index contributed by atoms with van der Waals surface area (Å²) in [4.78, 5) is 35.5. The Labute approximate surface area is 198 Å². The predicted molar refractivity (Wildman–Crippen MR) is 129 cm³/mol. The molecule has 0 saturated carbocycles. The molecule has 0 bridgehead atoms. The van der Waals surface area contributed by atoms with Crippen molar-refractivity contribution in [3.63, 3.8) is 0 Å². The molecule has 168 valence electrons. The number of halogens is 1. The average molecular weight is 461 g/mol. The Bertz CT molecular complexity index is 1240. The first-order valence-corrected chi connectivity index (χ1v) is 11.3. The number of amides is 2. The highest BCUT2D eigenvalue weighted by Gasteiger charge is 2.68. The van der Waals surface area contributed by atoms with Crippen LogP contribution in [0.3, 0.4) is 0 Å². The van der Waals surface area contributed by atoms with Gasteiger partial charge in [-0.15, -0.1) is 0 Å². The number of rotatable bonds is 3. The normalized spacial score (nSPS) is 24.5. The Morgan fingerprint density at radius 2 is 1.52 bits per heavy atom. The van der Waals surface area contributed by atoms with Crippen molar-refractivity contribution in [1.29, 1.82) is 0 Å². The number of benzene rings is 3. The summed E-state index contributed by atoms with van der Waals surface area (Å²) in [6.07, 6.45) is -0.939. The summed E-state index contributed by atoms with van der Waals surface area (Å²) >= 11 is 6.15. The third-order valence-corrected chi connectivity index (χ3v) is 6.98. The van der Waals surface area contributed by atoms with E-state index in [0.717, 1.165) is 27.9 Å². The van der Waals surface area contributed by atoms with Crippen molar-refractivity contribution in [3.05, 3.63) is 94.0 Å². The molecular formula is C27H25ClN2O3. The third kappa shape index (κ3) is 3.18. The number of aryl methyl sites for hydroxylation is 3. The smallest absolute Gasteiger partial charge is 0.266 e. The minimum absolute atomic E-state index is 0.258. The van der Waals surface area contributed by atoms with Gasteiger partial charge in [0.15, 0.2) is 6.10 Å². The topological polar surface area (TPSA) is 49.9 Å².